The fourth-order valence-electron chi connectivity index (χ4n) is 2.16. The van der Waals surface area contributed by atoms with Crippen LogP contribution >= 0.6 is 0 Å². The summed E-state index contributed by atoms with van der Waals surface area (Å²) < 4.78 is 11.3. The van der Waals surface area contributed by atoms with Gasteiger partial charge in [0, 0.05) is 16.6 Å². The number of nitrogens with two attached hydrogens (primary N) is 1. The second-order valence-corrected chi connectivity index (χ2v) is 4.54. The van der Waals surface area contributed by atoms with E-state index in [1.54, 1.807) is 6.26 Å². The monoisotopic (exact) mass is 253 g/mol. The van der Waals surface area contributed by atoms with Gasteiger partial charge in [0.15, 0.2) is 0 Å². The summed E-state index contributed by atoms with van der Waals surface area (Å²) in [5.41, 5.74) is 9.58. The average Bonchev–Trinajstić information content (AvgIpc) is 2.83. The van der Waals surface area contributed by atoms with Gasteiger partial charge in [-0.2, -0.15) is 0 Å². The molecule has 1 aromatic heterocycles. The molecule has 0 amide bonds. The van der Waals surface area contributed by atoms with E-state index in [1.165, 1.54) is 0 Å². The third-order valence-corrected chi connectivity index (χ3v) is 3.18. The lowest BCUT2D eigenvalue weighted by Gasteiger charge is -2.08. The summed E-state index contributed by atoms with van der Waals surface area (Å²) in [6, 6.07) is 13.6. The van der Waals surface area contributed by atoms with Crippen molar-refractivity contribution in [3.63, 3.8) is 0 Å². The highest BCUT2D eigenvalue weighted by atomic mass is 16.5. The molecule has 0 saturated carbocycles. The lowest BCUT2D eigenvalue weighted by Crippen LogP contribution is -1.97. The first kappa shape index (κ1) is 11.7. The molecule has 0 aliphatic carbocycles. The van der Waals surface area contributed by atoms with Crippen molar-refractivity contribution < 1.29 is 9.15 Å². The van der Waals surface area contributed by atoms with E-state index >= 15 is 0 Å². The highest BCUT2D eigenvalue weighted by molar-refractivity contribution is 5.92. The van der Waals surface area contributed by atoms with Gasteiger partial charge in [0.1, 0.15) is 17.9 Å². The Hall–Kier alpha value is -2.42. The molecule has 0 spiro atoms. The van der Waals surface area contributed by atoms with E-state index in [9.17, 15) is 0 Å². The number of fused-ring (bicyclic) bond motifs is 1. The second-order valence-electron chi connectivity index (χ2n) is 4.54. The van der Waals surface area contributed by atoms with Crippen LogP contribution in [-0.4, -0.2) is 0 Å². The Labute approximate surface area is 111 Å². The molecule has 3 aromatic rings. The zero-order valence-corrected chi connectivity index (χ0v) is 10.7. The molecular weight excluding hydrogens is 238 g/mol. The van der Waals surface area contributed by atoms with Gasteiger partial charge in [-0.05, 0) is 30.7 Å². The van der Waals surface area contributed by atoms with Crippen LogP contribution in [0.2, 0.25) is 0 Å². The van der Waals surface area contributed by atoms with Crippen LogP contribution in [0.4, 0.5) is 5.69 Å². The number of hydrogen-bond donors (Lipinski definition) is 1. The van der Waals surface area contributed by atoms with Gasteiger partial charge < -0.3 is 14.9 Å². The summed E-state index contributed by atoms with van der Waals surface area (Å²) in [5.74, 6) is 0.881. The highest BCUT2D eigenvalue weighted by Crippen LogP contribution is 2.28. The Balaban J connectivity index is 1.89. The number of ether oxygens (including phenoxy) is 1. The summed E-state index contributed by atoms with van der Waals surface area (Å²) in [6.45, 7) is 2.48. The molecule has 3 nitrogen and oxygen atoms in total. The van der Waals surface area contributed by atoms with Crippen LogP contribution in [0.5, 0.6) is 5.75 Å². The summed E-state index contributed by atoms with van der Waals surface area (Å²) in [4.78, 5) is 0. The molecule has 0 aliphatic heterocycles. The Bertz CT molecular complexity index is 716. The molecule has 1 heterocycles. The molecule has 19 heavy (non-hydrogen) atoms. The topological polar surface area (TPSA) is 48.4 Å². The molecule has 0 saturated heterocycles. The van der Waals surface area contributed by atoms with Crippen molar-refractivity contribution in [3.8, 4) is 5.75 Å². The molecule has 0 aliphatic rings. The maximum atomic E-state index is 5.98. The third kappa shape index (κ3) is 2.15. The fraction of sp³-hybridized carbons (Fsp3) is 0.125. The van der Waals surface area contributed by atoms with Gasteiger partial charge in [0.05, 0.1) is 6.26 Å². The number of anilines is 1. The maximum Gasteiger partial charge on any atom is 0.136 e. The van der Waals surface area contributed by atoms with Gasteiger partial charge >= 0.3 is 0 Å². The van der Waals surface area contributed by atoms with Crippen LogP contribution in [-0.2, 0) is 6.61 Å². The van der Waals surface area contributed by atoms with Crippen LogP contribution in [0.1, 0.15) is 11.1 Å². The number of para-hydroxylation sites is 1. The van der Waals surface area contributed by atoms with Crippen molar-refractivity contribution in [2.24, 2.45) is 0 Å². The van der Waals surface area contributed by atoms with Gasteiger partial charge in [0.2, 0.25) is 0 Å². The summed E-state index contributed by atoms with van der Waals surface area (Å²) in [7, 11) is 0. The van der Waals surface area contributed by atoms with Gasteiger partial charge in [-0.1, -0.05) is 24.3 Å². The summed E-state index contributed by atoms with van der Waals surface area (Å²) >= 11 is 0. The molecule has 0 atom stereocenters. The molecular formula is C16H15NO2. The number of rotatable bonds is 3. The number of benzene rings is 2. The summed E-state index contributed by atoms with van der Waals surface area (Å²) in [5, 5.41) is 0.941. The van der Waals surface area contributed by atoms with E-state index in [2.05, 4.69) is 0 Å². The van der Waals surface area contributed by atoms with E-state index < -0.39 is 0 Å². The Morgan fingerprint density at radius 3 is 2.79 bits per heavy atom. The molecule has 96 valence electrons. The van der Waals surface area contributed by atoms with Crippen LogP contribution in [0.3, 0.4) is 0 Å². The van der Waals surface area contributed by atoms with Crippen molar-refractivity contribution in [1.29, 1.82) is 0 Å². The Morgan fingerprint density at radius 1 is 1.11 bits per heavy atom. The minimum atomic E-state index is 0.450. The zero-order valence-electron chi connectivity index (χ0n) is 10.7. The predicted octanol–water partition coefficient (Wildman–Crippen LogP) is 3.90. The molecule has 3 heteroatoms. The zero-order chi connectivity index (χ0) is 13.2. The minimum absolute atomic E-state index is 0.450. The molecule has 3 rings (SSSR count). The fourth-order valence-corrected chi connectivity index (χ4v) is 2.16. The van der Waals surface area contributed by atoms with Crippen molar-refractivity contribution in [2.45, 2.75) is 13.5 Å². The minimum Gasteiger partial charge on any atom is -0.488 e. The van der Waals surface area contributed by atoms with Crippen molar-refractivity contribution >= 4 is 16.7 Å². The number of aryl methyl sites for hydroxylation is 1. The molecule has 0 bridgehead atoms. The van der Waals surface area contributed by atoms with E-state index in [-0.39, 0.29) is 0 Å². The molecule has 0 radical (unpaired) electrons. The van der Waals surface area contributed by atoms with Gasteiger partial charge in [0.25, 0.3) is 0 Å². The van der Waals surface area contributed by atoms with Crippen LogP contribution in [0, 0.1) is 6.92 Å². The van der Waals surface area contributed by atoms with Crippen molar-refractivity contribution in [3.05, 3.63) is 59.9 Å². The molecule has 2 aromatic carbocycles. The quantitative estimate of drug-likeness (QED) is 0.720. The SMILES string of the molecule is Cc1ccccc1OCc1coc2cccc(N)c12. The highest BCUT2D eigenvalue weighted by Gasteiger charge is 2.09. The molecule has 0 unspecified atom stereocenters. The second kappa shape index (κ2) is 4.69. The lowest BCUT2D eigenvalue weighted by atomic mass is 10.1. The average molecular weight is 253 g/mol. The predicted molar refractivity (Wildman–Crippen MR) is 76.1 cm³/mol. The number of furan rings is 1. The van der Waals surface area contributed by atoms with Gasteiger partial charge in [-0.25, -0.2) is 0 Å². The first-order chi connectivity index (χ1) is 9.25. The molecule has 0 fully saturated rings. The van der Waals surface area contributed by atoms with E-state index in [0.717, 1.165) is 33.5 Å². The Morgan fingerprint density at radius 2 is 1.95 bits per heavy atom. The summed E-state index contributed by atoms with van der Waals surface area (Å²) in [6.07, 6.45) is 1.71. The normalized spacial score (nSPS) is 10.8. The van der Waals surface area contributed by atoms with E-state index in [4.69, 9.17) is 14.9 Å². The van der Waals surface area contributed by atoms with Gasteiger partial charge in [-0.15, -0.1) is 0 Å². The van der Waals surface area contributed by atoms with Crippen LogP contribution in [0.25, 0.3) is 11.0 Å². The van der Waals surface area contributed by atoms with E-state index in [1.807, 2.05) is 49.4 Å². The standard InChI is InChI=1S/C16H15NO2/c1-11-5-2-3-7-14(11)18-9-12-10-19-15-8-4-6-13(17)16(12)15/h2-8,10H,9,17H2,1H3. The smallest absolute Gasteiger partial charge is 0.136 e. The first-order valence-corrected chi connectivity index (χ1v) is 6.18. The van der Waals surface area contributed by atoms with E-state index in [0.29, 0.717) is 6.61 Å². The third-order valence-electron chi connectivity index (χ3n) is 3.18. The van der Waals surface area contributed by atoms with Crippen molar-refractivity contribution in [2.75, 3.05) is 5.73 Å². The largest absolute Gasteiger partial charge is 0.488 e. The van der Waals surface area contributed by atoms with Crippen LogP contribution < -0.4 is 10.5 Å². The van der Waals surface area contributed by atoms with Crippen LogP contribution in [0.15, 0.2) is 53.1 Å². The number of hydrogen-bond acceptors (Lipinski definition) is 3. The first-order valence-electron chi connectivity index (χ1n) is 6.18. The lowest BCUT2D eigenvalue weighted by molar-refractivity contribution is 0.304. The number of nitrogen functional groups attached to an aromatic ring is 1. The maximum absolute atomic E-state index is 5.98. The van der Waals surface area contributed by atoms with Crippen molar-refractivity contribution in [1.82, 2.24) is 0 Å². The van der Waals surface area contributed by atoms with Gasteiger partial charge in [-0.3, -0.25) is 0 Å². The molecule has 2 N–H and O–H groups in total. The Kier molecular flexibility index (Phi) is 2.88.